The van der Waals surface area contributed by atoms with Crippen LogP contribution in [0.1, 0.15) is 24.0 Å². The quantitative estimate of drug-likeness (QED) is 0.515. The van der Waals surface area contributed by atoms with Crippen molar-refractivity contribution in [3.8, 4) is 11.5 Å². The molecule has 7 nitrogen and oxygen atoms in total. The zero-order valence-electron chi connectivity index (χ0n) is 17.2. The van der Waals surface area contributed by atoms with E-state index in [4.69, 9.17) is 9.47 Å². The number of hydrogen-bond acceptors (Lipinski definition) is 5. The maximum Gasteiger partial charge on any atom is 0.323 e. The van der Waals surface area contributed by atoms with E-state index in [0.717, 1.165) is 11.1 Å². The fourth-order valence-corrected chi connectivity index (χ4v) is 4.66. The Hall–Kier alpha value is -2.84. The largest absolute Gasteiger partial charge is 0.497 e. The highest BCUT2D eigenvalue weighted by Crippen LogP contribution is 2.23. The van der Waals surface area contributed by atoms with Crippen molar-refractivity contribution in [2.75, 3.05) is 14.2 Å². The monoisotopic (exact) mass is 433 g/mol. The third kappa shape index (κ3) is 6.08. The number of methoxy groups -OCH3 is 2. The van der Waals surface area contributed by atoms with Crippen molar-refractivity contribution in [2.24, 2.45) is 0 Å². The molecule has 0 aromatic heterocycles. The fraction of sp³-hybridized carbons (Fsp3) is 0.318. The Morgan fingerprint density at radius 1 is 1.00 bits per heavy atom. The summed E-state index contributed by atoms with van der Waals surface area (Å²) in [5.41, 5.74) is 1.45. The van der Waals surface area contributed by atoms with Crippen LogP contribution in [0.2, 0.25) is 0 Å². The van der Waals surface area contributed by atoms with E-state index in [2.05, 4.69) is 6.58 Å². The molecule has 0 spiro atoms. The molecule has 2 aromatic carbocycles. The minimum Gasteiger partial charge on any atom is -0.497 e. The van der Waals surface area contributed by atoms with Gasteiger partial charge in [0.15, 0.2) is 5.25 Å². The Balaban J connectivity index is 2.38. The van der Waals surface area contributed by atoms with Gasteiger partial charge in [-0.25, -0.2) is 8.42 Å². The predicted octanol–water partition coefficient (Wildman–Crippen LogP) is 3.46. The lowest BCUT2D eigenvalue weighted by atomic mass is 10.2. The summed E-state index contributed by atoms with van der Waals surface area (Å²) in [4.78, 5) is 11.8. The summed E-state index contributed by atoms with van der Waals surface area (Å²) < 4.78 is 38.1. The molecule has 0 unspecified atom stereocenters. The highest BCUT2D eigenvalue weighted by molar-refractivity contribution is 7.90. The lowest BCUT2D eigenvalue weighted by molar-refractivity contribution is -0.136. The Morgan fingerprint density at radius 3 is 1.77 bits per heavy atom. The third-order valence-corrected chi connectivity index (χ3v) is 6.80. The van der Waals surface area contributed by atoms with Gasteiger partial charge >= 0.3 is 5.97 Å². The van der Waals surface area contributed by atoms with Crippen molar-refractivity contribution >= 4 is 16.0 Å². The number of aliphatic carboxylic acids is 1. The fourth-order valence-electron chi connectivity index (χ4n) is 2.95. The van der Waals surface area contributed by atoms with Crippen molar-refractivity contribution in [1.29, 1.82) is 0 Å². The number of allylic oxidation sites excluding steroid dienone is 1. The van der Waals surface area contributed by atoms with Crippen LogP contribution in [0, 0.1) is 0 Å². The molecule has 0 aliphatic rings. The number of carboxylic acids is 1. The second-order valence-electron chi connectivity index (χ2n) is 6.70. The molecular formula is C22H27NO6S. The molecule has 0 aliphatic carbocycles. The van der Waals surface area contributed by atoms with E-state index in [1.165, 1.54) is 10.4 Å². The molecule has 30 heavy (non-hydrogen) atoms. The van der Waals surface area contributed by atoms with Crippen LogP contribution in [0.25, 0.3) is 0 Å². The molecule has 1 atom stereocenters. The molecule has 0 heterocycles. The summed E-state index contributed by atoms with van der Waals surface area (Å²) >= 11 is 0. The molecule has 0 radical (unpaired) electrons. The summed E-state index contributed by atoms with van der Waals surface area (Å²) in [5.74, 6) is -0.0678. The second-order valence-corrected chi connectivity index (χ2v) is 8.82. The van der Waals surface area contributed by atoms with Crippen LogP contribution < -0.4 is 9.47 Å². The molecular weight excluding hydrogens is 406 g/mol. The van der Waals surface area contributed by atoms with E-state index in [0.29, 0.717) is 11.5 Å². The van der Waals surface area contributed by atoms with Crippen molar-refractivity contribution < 1.29 is 27.8 Å². The van der Waals surface area contributed by atoms with Gasteiger partial charge in [-0.1, -0.05) is 30.3 Å². The summed E-state index contributed by atoms with van der Waals surface area (Å²) in [5, 5.41) is 8.03. The molecule has 0 bridgehead atoms. The predicted molar refractivity (Wildman–Crippen MR) is 115 cm³/mol. The van der Waals surface area contributed by atoms with Crippen LogP contribution in [-0.2, 0) is 27.9 Å². The zero-order valence-corrected chi connectivity index (χ0v) is 18.0. The molecule has 162 valence electrons. The standard InChI is InChI=1S/C22H27NO6S/c1-4-5-6-21(22(24)25)30(26,27)23(15-17-7-11-19(28-2)12-8-17)16-18-9-13-20(29-3)14-10-18/h4,7-14,21H,1,5-6,15-16H2,2-3H3,(H,24,25)/t21-/m1/s1. The van der Waals surface area contributed by atoms with Gasteiger partial charge in [-0.2, -0.15) is 4.31 Å². The Kier molecular flexibility index (Phi) is 8.44. The van der Waals surface area contributed by atoms with Gasteiger partial charge in [0.1, 0.15) is 11.5 Å². The maximum atomic E-state index is 13.3. The van der Waals surface area contributed by atoms with Gasteiger partial charge in [0, 0.05) is 13.1 Å². The SMILES string of the molecule is C=CCC[C@H](C(=O)O)S(=O)(=O)N(Cc1ccc(OC)cc1)Cc1ccc(OC)cc1. The summed E-state index contributed by atoms with van der Waals surface area (Å²) in [6, 6.07) is 14.0. The molecule has 0 saturated heterocycles. The average molecular weight is 434 g/mol. The Morgan fingerprint density at radius 2 is 1.43 bits per heavy atom. The average Bonchev–Trinajstić information content (AvgIpc) is 2.74. The van der Waals surface area contributed by atoms with E-state index in [-0.39, 0.29) is 25.9 Å². The molecule has 8 heteroatoms. The Labute approximate surface area is 177 Å². The number of sulfonamides is 1. The topological polar surface area (TPSA) is 93.1 Å². The minimum absolute atomic E-state index is 0.0379. The molecule has 0 saturated carbocycles. The maximum absolute atomic E-state index is 13.3. The molecule has 0 aliphatic heterocycles. The lowest BCUT2D eigenvalue weighted by Gasteiger charge is -2.26. The van der Waals surface area contributed by atoms with Gasteiger partial charge in [0.2, 0.25) is 10.0 Å². The normalized spacial score (nSPS) is 12.4. The van der Waals surface area contributed by atoms with Crippen LogP contribution in [-0.4, -0.2) is 43.3 Å². The first kappa shape index (κ1) is 23.4. The molecule has 0 amide bonds. The number of nitrogens with zero attached hydrogens (tertiary/aromatic N) is 1. The van der Waals surface area contributed by atoms with Crippen LogP contribution >= 0.6 is 0 Å². The van der Waals surface area contributed by atoms with Crippen molar-refractivity contribution in [2.45, 2.75) is 31.2 Å². The number of rotatable bonds is 12. The first-order valence-electron chi connectivity index (χ1n) is 9.40. The van der Waals surface area contributed by atoms with Gasteiger partial charge in [-0.3, -0.25) is 4.79 Å². The molecule has 2 rings (SSSR count). The van der Waals surface area contributed by atoms with E-state index in [9.17, 15) is 18.3 Å². The zero-order chi connectivity index (χ0) is 22.1. The van der Waals surface area contributed by atoms with Gasteiger partial charge < -0.3 is 14.6 Å². The van der Waals surface area contributed by atoms with Crippen LogP contribution in [0.4, 0.5) is 0 Å². The Bertz CT molecular complexity index is 889. The van der Waals surface area contributed by atoms with Gasteiger partial charge in [-0.15, -0.1) is 6.58 Å². The van der Waals surface area contributed by atoms with Gasteiger partial charge in [-0.05, 0) is 48.2 Å². The lowest BCUT2D eigenvalue weighted by Crippen LogP contribution is -2.42. The second kappa shape index (κ2) is 10.8. The smallest absolute Gasteiger partial charge is 0.323 e. The number of ether oxygens (including phenoxy) is 2. The highest BCUT2D eigenvalue weighted by Gasteiger charge is 2.37. The minimum atomic E-state index is -4.14. The number of carbonyl (C=O) groups is 1. The molecule has 2 aromatic rings. The van der Waals surface area contributed by atoms with Crippen molar-refractivity contribution in [1.82, 2.24) is 4.31 Å². The van der Waals surface area contributed by atoms with Crippen molar-refractivity contribution in [3.05, 3.63) is 72.3 Å². The number of benzene rings is 2. The van der Waals surface area contributed by atoms with Crippen LogP contribution in [0.3, 0.4) is 0 Å². The number of carboxylic acid groups (broad SMARTS) is 1. The van der Waals surface area contributed by atoms with Gasteiger partial charge in [0.05, 0.1) is 14.2 Å². The first-order chi connectivity index (χ1) is 14.3. The highest BCUT2D eigenvalue weighted by atomic mass is 32.2. The van der Waals surface area contributed by atoms with E-state index in [1.807, 2.05) is 0 Å². The first-order valence-corrected chi connectivity index (χ1v) is 10.9. The summed E-state index contributed by atoms with van der Waals surface area (Å²) in [6.07, 6.45) is 1.76. The van der Waals surface area contributed by atoms with Crippen LogP contribution in [0.5, 0.6) is 11.5 Å². The van der Waals surface area contributed by atoms with Crippen LogP contribution in [0.15, 0.2) is 61.2 Å². The van der Waals surface area contributed by atoms with E-state index >= 15 is 0 Å². The summed E-state index contributed by atoms with van der Waals surface area (Å²) in [7, 11) is -1.04. The number of hydrogen-bond donors (Lipinski definition) is 1. The molecule has 0 fully saturated rings. The third-order valence-electron chi connectivity index (χ3n) is 4.66. The van der Waals surface area contributed by atoms with E-state index < -0.39 is 21.2 Å². The summed E-state index contributed by atoms with van der Waals surface area (Å²) in [6.45, 7) is 3.64. The van der Waals surface area contributed by atoms with Crippen molar-refractivity contribution in [3.63, 3.8) is 0 Å². The van der Waals surface area contributed by atoms with Gasteiger partial charge in [0.25, 0.3) is 0 Å². The van der Waals surface area contributed by atoms with E-state index in [1.54, 1.807) is 62.8 Å². The molecule has 1 N–H and O–H groups in total.